The van der Waals surface area contributed by atoms with E-state index >= 15 is 0 Å². The van der Waals surface area contributed by atoms with E-state index in [1.165, 1.54) is 11.7 Å². The van der Waals surface area contributed by atoms with Gasteiger partial charge in [0.15, 0.2) is 0 Å². The summed E-state index contributed by atoms with van der Waals surface area (Å²) in [5.74, 6) is -1.88. The smallest absolute Gasteiger partial charge is 0.267 e. The van der Waals surface area contributed by atoms with Gasteiger partial charge in [-0.15, -0.1) is 11.3 Å². The van der Waals surface area contributed by atoms with Crippen molar-refractivity contribution in [2.24, 2.45) is 0 Å². The zero-order chi connectivity index (χ0) is 12.4. The number of halogens is 3. The normalized spacial score (nSPS) is 10.3. The summed E-state index contributed by atoms with van der Waals surface area (Å²) in [4.78, 5) is 15.6. The van der Waals surface area contributed by atoms with Crippen LogP contribution in [-0.2, 0) is 0 Å². The third-order valence-electron chi connectivity index (χ3n) is 1.91. The molecule has 0 fully saturated rings. The van der Waals surface area contributed by atoms with Crippen LogP contribution in [0.25, 0.3) is 0 Å². The molecule has 0 atom stereocenters. The van der Waals surface area contributed by atoms with Crippen LogP contribution in [0.2, 0.25) is 0 Å². The van der Waals surface area contributed by atoms with Crippen LogP contribution in [0, 0.1) is 11.6 Å². The summed E-state index contributed by atoms with van der Waals surface area (Å²) in [7, 11) is 0. The number of amides is 1. The maximum Gasteiger partial charge on any atom is 0.267 e. The number of aromatic nitrogens is 1. The highest BCUT2D eigenvalue weighted by Crippen LogP contribution is 2.24. The van der Waals surface area contributed by atoms with Gasteiger partial charge < -0.3 is 5.32 Å². The average molecular weight is 319 g/mol. The van der Waals surface area contributed by atoms with E-state index in [-0.39, 0.29) is 10.2 Å². The highest BCUT2D eigenvalue weighted by atomic mass is 79.9. The van der Waals surface area contributed by atoms with Crippen molar-refractivity contribution in [1.82, 2.24) is 4.98 Å². The fourth-order valence-corrected chi connectivity index (χ4v) is 1.96. The molecule has 0 aliphatic rings. The second kappa shape index (κ2) is 4.89. The first-order valence-corrected chi connectivity index (χ1v) is 6.09. The number of hydrogen-bond acceptors (Lipinski definition) is 3. The van der Waals surface area contributed by atoms with Crippen molar-refractivity contribution < 1.29 is 13.6 Å². The van der Waals surface area contributed by atoms with Gasteiger partial charge in [0, 0.05) is 6.07 Å². The highest BCUT2D eigenvalue weighted by Gasteiger charge is 2.13. The van der Waals surface area contributed by atoms with Crippen LogP contribution in [0.5, 0.6) is 0 Å². The fraction of sp³-hybridized carbons (Fsp3) is 0. The number of carbonyl (C=O) groups excluding carboxylic acids is 1. The van der Waals surface area contributed by atoms with E-state index in [0.29, 0.717) is 4.88 Å². The summed E-state index contributed by atoms with van der Waals surface area (Å²) in [6.07, 6.45) is 1.35. The number of anilines is 1. The molecule has 0 saturated heterocycles. The van der Waals surface area contributed by atoms with Crippen molar-refractivity contribution in [1.29, 1.82) is 0 Å². The Morgan fingerprint density at radius 2 is 2.12 bits per heavy atom. The summed E-state index contributed by atoms with van der Waals surface area (Å²) >= 11 is 3.96. The highest BCUT2D eigenvalue weighted by molar-refractivity contribution is 9.10. The Labute approximate surface area is 108 Å². The van der Waals surface area contributed by atoms with Crippen LogP contribution >= 0.6 is 27.3 Å². The van der Waals surface area contributed by atoms with Gasteiger partial charge in [-0.2, -0.15) is 0 Å². The second-order valence-corrected chi connectivity index (χ2v) is 4.81. The summed E-state index contributed by atoms with van der Waals surface area (Å²) < 4.78 is 26.6. The van der Waals surface area contributed by atoms with E-state index in [0.717, 1.165) is 23.5 Å². The number of nitrogens with one attached hydrogen (secondary N) is 1. The van der Waals surface area contributed by atoms with Crippen LogP contribution in [0.15, 0.2) is 28.3 Å². The molecule has 17 heavy (non-hydrogen) atoms. The van der Waals surface area contributed by atoms with Gasteiger partial charge in [0.2, 0.25) is 0 Å². The third-order valence-corrected chi connectivity index (χ3v) is 3.29. The molecule has 1 N–H and O–H groups in total. The van der Waals surface area contributed by atoms with Gasteiger partial charge in [0.05, 0.1) is 21.9 Å². The largest absolute Gasteiger partial charge is 0.319 e. The first-order valence-electron chi connectivity index (χ1n) is 4.42. The van der Waals surface area contributed by atoms with Gasteiger partial charge in [0.25, 0.3) is 5.91 Å². The first-order chi connectivity index (χ1) is 8.08. The maximum atomic E-state index is 13.4. The van der Waals surface area contributed by atoms with E-state index in [1.807, 2.05) is 0 Å². The van der Waals surface area contributed by atoms with Gasteiger partial charge in [-0.3, -0.25) is 9.78 Å². The molecule has 1 aromatic carbocycles. The van der Waals surface area contributed by atoms with Crippen molar-refractivity contribution in [3.8, 4) is 0 Å². The van der Waals surface area contributed by atoms with Crippen LogP contribution in [-0.4, -0.2) is 10.9 Å². The van der Waals surface area contributed by atoms with Crippen LogP contribution in [0.3, 0.4) is 0 Å². The molecule has 3 nitrogen and oxygen atoms in total. The Hall–Kier alpha value is -1.34. The van der Waals surface area contributed by atoms with Gasteiger partial charge in [0.1, 0.15) is 16.5 Å². The second-order valence-electron chi connectivity index (χ2n) is 3.07. The van der Waals surface area contributed by atoms with Gasteiger partial charge >= 0.3 is 0 Å². The Morgan fingerprint density at radius 1 is 1.35 bits per heavy atom. The molecule has 1 amide bonds. The van der Waals surface area contributed by atoms with E-state index in [2.05, 4.69) is 26.2 Å². The molecule has 0 saturated carbocycles. The summed E-state index contributed by atoms with van der Waals surface area (Å²) in [5, 5.41) is 2.28. The Bertz CT molecular complexity index is 560. The molecule has 7 heteroatoms. The SMILES string of the molecule is O=C(Nc1cc(F)c(Br)cc1F)c1cncs1. The molecule has 0 aliphatic carbocycles. The molecule has 0 bridgehead atoms. The predicted octanol–water partition coefficient (Wildman–Crippen LogP) is 3.44. The maximum absolute atomic E-state index is 13.4. The number of thiazole rings is 1. The minimum absolute atomic E-state index is 0.00536. The molecule has 2 rings (SSSR count). The molecule has 88 valence electrons. The van der Waals surface area contributed by atoms with E-state index in [9.17, 15) is 13.6 Å². The zero-order valence-corrected chi connectivity index (χ0v) is 10.6. The van der Waals surface area contributed by atoms with Crippen molar-refractivity contribution >= 4 is 38.9 Å². The Balaban J connectivity index is 2.25. The molecule has 0 spiro atoms. The number of nitrogens with zero attached hydrogens (tertiary/aromatic N) is 1. The lowest BCUT2D eigenvalue weighted by molar-refractivity contribution is 0.103. The molecule has 1 heterocycles. The summed E-state index contributed by atoms with van der Waals surface area (Å²) in [6.45, 7) is 0. The van der Waals surface area contributed by atoms with E-state index in [1.54, 1.807) is 0 Å². The number of hydrogen-bond donors (Lipinski definition) is 1. The molecule has 0 radical (unpaired) electrons. The van der Waals surface area contributed by atoms with E-state index < -0.39 is 17.5 Å². The van der Waals surface area contributed by atoms with Crippen LogP contribution < -0.4 is 5.32 Å². The Kier molecular flexibility index (Phi) is 3.49. The lowest BCUT2D eigenvalue weighted by Crippen LogP contribution is -2.11. The molecule has 2 aromatic rings. The first kappa shape index (κ1) is 12.1. The van der Waals surface area contributed by atoms with Crippen molar-refractivity contribution in [3.05, 3.63) is 44.8 Å². The molecule has 1 aromatic heterocycles. The molecule has 0 aliphatic heterocycles. The van der Waals surface area contributed by atoms with Crippen molar-refractivity contribution in [3.63, 3.8) is 0 Å². The molecule has 0 unspecified atom stereocenters. The lowest BCUT2D eigenvalue weighted by atomic mass is 10.3. The minimum atomic E-state index is -0.712. The fourth-order valence-electron chi connectivity index (χ4n) is 1.13. The minimum Gasteiger partial charge on any atom is -0.319 e. The molecular formula is C10H5BrF2N2OS. The quantitative estimate of drug-likeness (QED) is 0.862. The number of carbonyl (C=O) groups is 1. The van der Waals surface area contributed by atoms with E-state index in [4.69, 9.17) is 0 Å². The Morgan fingerprint density at radius 3 is 2.76 bits per heavy atom. The standard InChI is InChI=1S/C10H5BrF2N2OS/c11-5-1-7(13)8(2-6(5)12)15-10(16)9-3-14-4-17-9/h1-4H,(H,15,16). The van der Waals surface area contributed by atoms with Crippen LogP contribution in [0.1, 0.15) is 9.67 Å². The topological polar surface area (TPSA) is 42.0 Å². The van der Waals surface area contributed by atoms with Crippen molar-refractivity contribution in [2.45, 2.75) is 0 Å². The monoisotopic (exact) mass is 318 g/mol. The zero-order valence-electron chi connectivity index (χ0n) is 8.21. The summed E-state index contributed by atoms with van der Waals surface area (Å²) in [5.41, 5.74) is 1.28. The lowest BCUT2D eigenvalue weighted by Gasteiger charge is -2.05. The summed E-state index contributed by atoms with van der Waals surface area (Å²) in [6, 6.07) is 1.87. The average Bonchev–Trinajstić information content (AvgIpc) is 2.79. The van der Waals surface area contributed by atoms with Gasteiger partial charge in [-0.05, 0) is 22.0 Å². The van der Waals surface area contributed by atoms with Gasteiger partial charge in [-0.1, -0.05) is 0 Å². The van der Waals surface area contributed by atoms with Crippen LogP contribution in [0.4, 0.5) is 14.5 Å². The predicted molar refractivity (Wildman–Crippen MR) is 64.1 cm³/mol. The van der Waals surface area contributed by atoms with Gasteiger partial charge in [-0.25, -0.2) is 8.78 Å². The number of rotatable bonds is 2. The molecular weight excluding hydrogens is 314 g/mol. The van der Waals surface area contributed by atoms with Crippen molar-refractivity contribution in [2.75, 3.05) is 5.32 Å². The number of benzene rings is 1. The third kappa shape index (κ3) is 2.67.